The van der Waals surface area contributed by atoms with E-state index < -0.39 is 10.0 Å². The number of nitrogens with two attached hydrogens (primary N) is 1. The summed E-state index contributed by atoms with van der Waals surface area (Å²) >= 11 is 0. The number of likely N-dealkylation sites (N-methyl/N-ethyl adjacent to an activating group) is 1. The molecule has 0 unspecified atom stereocenters. The second-order valence-corrected chi connectivity index (χ2v) is 10.7. The van der Waals surface area contributed by atoms with Crippen LogP contribution in [0, 0.1) is 0 Å². The van der Waals surface area contributed by atoms with Crippen LogP contribution in [0.3, 0.4) is 0 Å². The van der Waals surface area contributed by atoms with Gasteiger partial charge in [-0.3, -0.25) is 4.79 Å². The summed E-state index contributed by atoms with van der Waals surface area (Å²) in [5.74, 6) is 0.816. The number of aryl methyl sites for hydroxylation is 2. The Balaban J connectivity index is 1.70. The molecule has 3 rings (SSSR count). The largest absolute Gasteiger partial charge is 0.354 e. The van der Waals surface area contributed by atoms with Crippen LogP contribution in [0.5, 0.6) is 0 Å². The summed E-state index contributed by atoms with van der Waals surface area (Å²) in [6.07, 6.45) is 8.92. The summed E-state index contributed by atoms with van der Waals surface area (Å²) in [6.45, 7) is 3.50. The van der Waals surface area contributed by atoms with Crippen molar-refractivity contribution in [3.8, 4) is 0 Å². The topological polar surface area (TPSA) is 110 Å². The van der Waals surface area contributed by atoms with Crippen molar-refractivity contribution >= 4 is 27.0 Å². The highest BCUT2D eigenvalue weighted by Gasteiger charge is 2.33. The molecule has 1 saturated carbocycles. The van der Waals surface area contributed by atoms with E-state index in [4.69, 9.17) is 5.14 Å². The highest BCUT2D eigenvalue weighted by molar-refractivity contribution is 7.89. The zero-order valence-corrected chi connectivity index (χ0v) is 20.4. The molecule has 0 atom stereocenters. The van der Waals surface area contributed by atoms with E-state index in [-0.39, 0.29) is 16.3 Å². The summed E-state index contributed by atoms with van der Waals surface area (Å²) in [5.41, 5.74) is 1.48. The number of hydrogen-bond acceptors (Lipinski definition) is 5. The molecule has 0 radical (unpaired) electrons. The number of carbonyl (C=O) groups excluding carboxylic acids is 1. The quantitative estimate of drug-likeness (QED) is 0.556. The van der Waals surface area contributed by atoms with Gasteiger partial charge in [0.25, 0.3) is 0 Å². The molecular formula is C23H37N5O3S. The van der Waals surface area contributed by atoms with Crippen molar-refractivity contribution in [2.24, 2.45) is 5.14 Å². The molecule has 1 aromatic carbocycles. The van der Waals surface area contributed by atoms with Gasteiger partial charge in [-0.15, -0.1) is 0 Å². The van der Waals surface area contributed by atoms with Gasteiger partial charge < -0.3 is 14.8 Å². The summed E-state index contributed by atoms with van der Waals surface area (Å²) in [7, 11) is 0.436. The van der Waals surface area contributed by atoms with E-state index in [2.05, 4.69) is 40.8 Å². The first-order valence-corrected chi connectivity index (χ1v) is 13.2. The minimum atomic E-state index is -3.79. The first-order valence-electron chi connectivity index (χ1n) is 11.6. The number of imidazole rings is 1. The smallest absolute Gasteiger partial charge is 0.238 e. The van der Waals surface area contributed by atoms with Crippen molar-refractivity contribution in [3.05, 3.63) is 24.0 Å². The molecule has 2 aromatic rings. The molecule has 32 heavy (non-hydrogen) atoms. The number of nitrogens with one attached hydrogen (secondary N) is 1. The fraction of sp³-hybridized carbons (Fsp3) is 0.652. The molecule has 8 nitrogen and oxygen atoms in total. The number of benzene rings is 1. The molecule has 0 saturated heterocycles. The van der Waals surface area contributed by atoms with Crippen molar-refractivity contribution in [2.75, 3.05) is 20.6 Å². The van der Waals surface area contributed by atoms with E-state index in [1.165, 1.54) is 37.8 Å². The minimum Gasteiger partial charge on any atom is -0.354 e. The van der Waals surface area contributed by atoms with E-state index in [0.717, 1.165) is 37.1 Å². The summed E-state index contributed by atoms with van der Waals surface area (Å²) in [6, 6.07) is 4.76. The van der Waals surface area contributed by atoms with Gasteiger partial charge in [-0.1, -0.05) is 32.6 Å². The first kappa shape index (κ1) is 24.7. The number of aromatic nitrogens is 2. The second-order valence-electron chi connectivity index (χ2n) is 9.18. The minimum absolute atomic E-state index is 0.0239. The number of primary sulfonamides is 1. The van der Waals surface area contributed by atoms with Crippen LogP contribution in [0.25, 0.3) is 11.0 Å². The zero-order valence-electron chi connectivity index (χ0n) is 19.6. The Bertz CT molecular complexity index is 1040. The predicted octanol–water partition coefficient (Wildman–Crippen LogP) is 2.80. The van der Waals surface area contributed by atoms with E-state index >= 15 is 0 Å². The zero-order chi connectivity index (χ0) is 23.4. The molecule has 0 bridgehead atoms. The van der Waals surface area contributed by atoms with E-state index in [1.807, 2.05) is 0 Å². The molecule has 1 heterocycles. The summed E-state index contributed by atoms with van der Waals surface area (Å²) < 4.78 is 25.5. The van der Waals surface area contributed by atoms with Crippen molar-refractivity contribution in [2.45, 2.75) is 81.7 Å². The van der Waals surface area contributed by atoms with Gasteiger partial charge in [0, 0.05) is 31.5 Å². The molecule has 1 fully saturated rings. The van der Waals surface area contributed by atoms with Gasteiger partial charge in [0.15, 0.2) is 0 Å². The van der Waals surface area contributed by atoms with Crippen LogP contribution in [0.4, 0.5) is 0 Å². The third-order valence-electron chi connectivity index (χ3n) is 6.75. The lowest BCUT2D eigenvalue weighted by atomic mass is 9.88. The van der Waals surface area contributed by atoms with Crippen LogP contribution in [0.15, 0.2) is 23.1 Å². The van der Waals surface area contributed by atoms with Crippen LogP contribution in [-0.4, -0.2) is 55.0 Å². The SMILES string of the molecule is CCCn1c(CCC(=O)NCC2(N(C)C)CCCCCC2)nc2cc(S(N)(=O)=O)ccc21. The number of amides is 1. The number of hydrogen-bond donors (Lipinski definition) is 2. The fourth-order valence-corrected chi connectivity index (χ4v) is 5.28. The predicted molar refractivity (Wildman–Crippen MR) is 127 cm³/mol. The van der Waals surface area contributed by atoms with Crippen LogP contribution in [0.1, 0.15) is 64.1 Å². The average Bonchev–Trinajstić information content (AvgIpc) is 2.91. The van der Waals surface area contributed by atoms with Crippen molar-refractivity contribution in [1.29, 1.82) is 0 Å². The van der Waals surface area contributed by atoms with E-state index in [0.29, 0.717) is 24.9 Å². The monoisotopic (exact) mass is 463 g/mol. The molecular weight excluding hydrogens is 426 g/mol. The lowest BCUT2D eigenvalue weighted by molar-refractivity contribution is -0.121. The van der Waals surface area contributed by atoms with Gasteiger partial charge in [0.2, 0.25) is 15.9 Å². The number of nitrogens with zero attached hydrogens (tertiary/aromatic N) is 3. The molecule has 1 aliphatic carbocycles. The van der Waals surface area contributed by atoms with Gasteiger partial charge in [-0.2, -0.15) is 0 Å². The molecule has 0 aliphatic heterocycles. The van der Waals surface area contributed by atoms with Crippen molar-refractivity contribution in [1.82, 2.24) is 19.8 Å². The van der Waals surface area contributed by atoms with E-state index in [1.54, 1.807) is 6.07 Å². The highest BCUT2D eigenvalue weighted by Crippen LogP contribution is 2.30. The normalized spacial score (nSPS) is 16.9. The van der Waals surface area contributed by atoms with Gasteiger partial charge in [0.05, 0.1) is 15.9 Å². The second kappa shape index (κ2) is 10.3. The molecule has 1 aliphatic rings. The number of carbonyl (C=O) groups is 1. The maximum Gasteiger partial charge on any atom is 0.238 e. The summed E-state index contributed by atoms with van der Waals surface area (Å²) in [5, 5.41) is 8.44. The Kier molecular flexibility index (Phi) is 7.95. The van der Waals surface area contributed by atoms with Gasteiger partial charge in [0.1, 0.15) is 5.82 Å². The maximum atomic E-state index is 12.7. The van der Waals surface area contributed by atoms with Crippen LogP contribution in [0.2, 0.25) is 0 Å². The number of fused-ring (bicyclic) bond motifs is 1. The van der Waals surface area contributed by atoms with Crippen LogP contribution in [-0.2, 0) is 27.8 Å². The van der Waals surface area contributed by atoms with Crippen molar-refractivity contribution < 1.29 is 13.2 Å². The molecule has 1 aromatic heterocycles. The first-order chi connectivity index (χ1) is 15.2. The fourth-order valence-electron chi connectivity index (χ4n) is 4.75. The van der Waals surface area contributed by atoms with Crippen molar-refractivity contribution in [3.63, 3.8) is 0 Å². The molecule has 9 heteroatoms. The maximum absolute atomic E-state index is 12.7. The average molecular weight is 464 g/mol. The number of sulfonamides is 1. The molecule has 0 spiro atoms. The lowest BCUT2D eigenvalue weighted by Gasteiger charge is -2.39. The van der Waals surface area contributed by atoms with Gasteiger partial charge in [-0.25, -0.2) is 18.5 Å². The lowest BCUT2D eigenvalue weighted by Crippen LogP contribution is -2.52. The number of rotatable bonds is 9. The standard InChI is InChI=1S/C23H37N5O3S/c1-4-15-28-20-10-9-18(32(24,30)31)16-19(20)26-21(28)11-12-22(29)25-17-23(27(2)3)13-7-5-6-8-14-23/h9-10,16H,4-8,11-15,17H2,1-3H3,(H,25,29)(H2,24,30,31). The van der Waals surface area contributed by atoms with Crippen LogP contribution >= 0.6 is 0 Å². The Morgan fingerprint density at radius 1 is 1.22 bits per heavy atom. The Morgan fingerprint density at radius 2 is 1.91 bits per heavy atom. The summed E-state index contributed by atoms with van der Waals surface area (Å²) in [4.78, 5) is 19.7. The van der Waals surface area contributed by atoms with E-state index in [9.17, 15) is 13.2 Å². The molecule has 3 N–H and O–H groups in total. The third-order valence-corrected chi connectivity index (χ3v) is 7.66. The van der Waals surface area contributed by atoms with Gasteiger partial charge >= 0.3 is 0 Å². The Morgan fingerprint density at radius 3 is 2.50 bits per heavy atom. The van der Waals surface area contributed by atoms with Gasteiger partial charge in [-0.05, 0) is 51.6 Å². The van der Waals surface area contributed by atoms with Crippen LogP contribution < -0.4 is 10.5 Å². The highest BCUT2D eigenvalue weighted by atomic mass is 32.2. The Hall–Kier alpha value is -1.97. The Labute approximate surface area is 191 Å². The molecule has 178 valence electrons. The third kappa shape index (κ3) is 5.68. The molecule has 1 amide bonds.